The van der Waals surface area contributed by atoms with Crippen LogP contribution < -0.4 is 0 Å². The van der Waals surface area contributed by atoms with Gasteiger partial charge in [0.25, 0.3) is 0 Å². The lowest BCUT2D eigenvalue weighted by molar-refractivity contribution is 0.602. The molecule has 0 aliphatic heterocycles. The molecule has 1 N–H and O–H groups in total. The fraction of sp³-hybridized carbons (Fsp3) is 0.222. The third-order valence-corrected chi connectivity index (χ3v) is 5.67. The van der Waals surface area contributed by atoms with Gasteiger partial charge in [0.2, 0.25) is 5.16 Å². The predicted octanol–water partition coefficient (Wildman–Crippen LogP) is 5.06. The second-order valence-corrected chi connectivity index (χ2v) is 7.34. The van der Waals surface area contributed by atoms with Crippen LogP contribution in [0.5, 0.6) is 0 Å². The molecule has 0 amide bonds. The Hall–Kier alpha value is -1.79. The van der Waals surface area contributed by atoms with Crippen molar-refractivity contribution in [2.45, 2.75) is 23.4 Å². The number of halogens is 1. The Morgan fingerprint density at radius 1 is 1.00 bits per heavy atom. The largest absolute Gasteiger partial charge is 0.258 e. The molecule has 3 nitrogen and oxygen atoms in total. The zero-order valence-electron chi connectivity index (χ0n) is 13.3. The van der Waals surface area contributed by atoms with Crippen LogP contribution in [0.1, 0.15) is 12.5 Å². The molecule has 0 aliphatic rings. The van der Waals surface area contributed by atoms with Gasteiger partial charge in [-0.25, -0.2) is 9.37 Å². The van der Waals surface area contributed by atoms with E-state index in [1.165, 1.54) is 23.4 Å². The summed E-state index contributed by atoms with van der Waals surface area (Å²) in [4.78, 5) is 5.20. The second kappa shape index (κ2) is 8.35. The standard InChI is InChI=1S/C18H18FN3S2/c1-2-13-7-9-14(10-8-13)17-20-18(22-21-17)24-12-11-23-16-6-4-3-5-15(16)19/h3-10H,2,11-12H2,1H3,(H,20,21,22). The highest BCUT2D eigenvalue weighted by Crippen LogP contribution is 2.24. The summed E-state index contributed by atoms with van der Waals surface area (Å²) < 4.78 is 13.5. The Morgan fingerprint density at radius 3 is 2.50 bits per heavy atom. The number of benzene rings is 2. The summed E-state index contributed by atoms with van der Waals surface area (Å²) >= 11 is 3.08. The zero-order valence-corrected chi connectivity index (χ0v) is 15.0. The van der Waals surface area contributed by atoms with Crippen LogP contribution in [0.2, 0.25) is 0 Å². The van der Waals surface area contributed by atoms with Crippen molar-refractivity contribution >= 4 is 23.5 Å². The summed E-state index contributed by atoms with van der Waals surface area (Å²) in [5.41, 5.74) is 2.34. The van der Waals surface area contributed by atoms with Gasteiger partial charge in [0.1, 0.15) is 5.82 Å². The number of thioether (sulfide) groups is 2. The van der Waals surface area contributed by atoms with Gasteiger partial charge in [-0.2, -0.15) is 0 Å². The number of nitrogens with zero attached hydrogens (tertiary/aromatic N) is 2. The van der Waals surface area contributed by atoms with Crippen molar-refractivity contribution in [2.24, 2.45) is 0 Å². The van der Waals surface area contributed by atoms with Gasteiger partial charge < -0.3 is 0 Å². The molecule has 3 aromatic rings. The molecule has 2 aromatic carbocycles. The van der Waals surface area contributed by atoms with Crippen LogP contribution >= 0.6 is 23.5 Å². The van der Waals surface area contributed by atoms with E-state index in [9.17, 15) is 4.39 Å². The number of H-pyrrole nitrogens is 1. The van der Waals surface area contributed by atoms with E-state index < -0.39 is 0 Å². The van der Waals surface area contributed by atoms with E-state index in [0.29, 0.717) is 4.90 Å². The van der Waals surface area contributed by atoms with Gasteiger partial charge in [0.15, 0.2) is 5.82 Å². The molecule has 24 heavy (non-hydrogen) atoms. The molecule has 0 fully saturated rings. The SMILES string of the molecule is CCc1ccc(-c2nc(SCCSc3ccccc3F)n[nH]2)cc1. The molecule has 0 unspecified atom stereocenters. The van der Waals surface area contributed by atoms with Gasteiger partial charge in [-0.05, 0) is 24.1 Å². The minimum Gasteiger partial charge on any atom is -0.258 e. The van der Waals surface area contributed by atoms with Crippen LogP contribution in [-0.4, -0.2) is 26.7 Å². The molecule has 6 heteroatoms. The summed E-state index contributed by atoms with van der Waals surface area (Å²) in [5.74, 6) is 2.25. The van der Waals surface area contributed by atoms with Crippen LogP contribution in [-0.2, 0) is 6.42 Å². The first kappa shape index (κ1) is 17.0. The van der Waals surface area contributed by atoms with Crippen molar-refractivity contribution in [2.75, 3.05) is 11.5 Å². The summed E-state index contributed by atoms with van der Waals surface area (Å²) in [6.07, 6.45) is 1.03. The highest BCUT2D eigenvalue weighted by molar-refractivity contribution is 8.02. The Morgan fingerprint density at radius 2 is 1.75 bits per heavy atom. The van der Waals surface area contributed by atoms with Gasteiger partial charge in [0.05, 0.1) is 0 Å². The summed E-state index contributed by atoms with van der Waals surface area (Å²) in [6, 6.07) is 15.2. The van der Waals surface area contributed by atoms with E-state index in [0.717, 1.165) is 34.5 Å². The Balaban J connectivity index is 1.51. The smallest absolute Gasteiger partial charge is 0.208 e. The summed E-state index contributed by atoms with van der Waals surface area (Å²) in [6.45, 7) is 2.14. The molecule has 3 rings (SSSR count). The third-order valence-electron chi connectivity index (χ3n) is 3.51. The molecule has 0 bridgehead atoms. The van der Waals surface area contributed by atoms with E-state index in [-0.39, 0.29) is 5.82 Å². The van der Waals surface area contributed by atoms with Crippen LogP contribution in [0, 0.1) is 5.82 Å². The molecule has 0 atom stereocenters. The van der Waals surface area contributed by atoms with Crippen molar-refractivity contribution < 1.29 is 4.39 Å². The average molecular weight is 359 g/mol. The number of hydrogen-bond acceptors (Lipinski definition) is 4. The van der Waals surface area contributed by atoms with E-state index in [4.69, 9.17) is 0 Å². The third kappa shape index (κ3) is 4.39. The fourth-order valence-electron chi connectivity index (χ4n) is 2.18. The van der Waals surface area contributed by atoms with E-state index in [1.807, 2.05) is 6.07 Å². The lowest BCUT2D eigenvalue weighted by Gasteiger charge is -2.01. The van der Waals surface area contributed by atoms with E-state index in [1.54, 1.807) is 23.9 Å². The van der Waals surface area contributed by atoms with Gasteiger partial charge in [-0.3, -0.25) is 5.10 Å². The first-order valence-electron chi connectivity index (χ1n) is 7.78. The lowest BCUT2D eigenvalue weighted by Crippen LogP contribution is -1.87. The molecule has 1 heterocycles. The highest BCUT2D eigenvalue weighted by atomic mass is 32.2. The Kier molecular flexibility index (Phi) is 5.93. The van der Waals surface area contributed by atoms with Crippen molar-refractivity contribution in [1.29, 1.82) is 0 Å². The minimum absolute atomic E-state index is 0.164. The molecule has 124 valence electrons. The van der Waals surface area contributed by atoms with Crippen molar-refractivity contribution in [3.05, 3.63) is 59.9 Å². The van der Waals surface area contributed by atoms with E-state index >= 15 is 0 Å². The summed E-state index contributed by atoms with van der Waals surface area (Å²) in [7, 11) is 0. The van der Waals surface area contributed by atoms with Crippen LogP contribution in [0.25, 0.3) is 11.4 Å². The average Bonchev–Trinajstić information content (AvgIpc) is 3.09. The van der Waals surface area contributed by atoms with Crippen molar-refractivity contribution in [3.8, 4) is 11.4 Å². The second-order valence-electron chi connectivity index (χ2n) is 5.14. The quantitative estimate of drug-likeness (QED) is 0.473. The number of rotatable bonds is 7. The molecule has 0 aliphatic carbocycles. The molecular formula is C18H18FN3S2. The minimum atomic E-state index is -0.164. The number of aromatic nitrogens is 3. The molecule has 0 saturated heterocycles. The lowest BCUT2D eigenvalue weighted by atomic mass is 10.1. The van der Waals surface area contributed by atoms with Gasteiger partial charge >= 0.3 is 0 Å². The van der Waals surface area contributed by atoms with Gasteiger partial charge in [0, 0.05) is 22.0 Å². The fourth-order valence-corrected chi connectivity index (χ4v) is 3.90. The van der Waals surface area contributed by atoms with Gasteiger partial charge in [-0.1, -0.05) is 55.1 Å². The predicted molar refractivity (Wildman–Crippen MR) is 99.0 cm³/mol. The van der Waals surface area contributed by atoms with E-state index in [2.05, 4.69) is 46.4 Å². The normalized spacial score (nSPS) is 10.9. The molecule has 0 spiro atoms. The monoisotopic (exact) mass is 359 g/mol. The molecule has 0 saturated carbocycles. The zero-order chi connectivity index (χ0) is 16.8. The Labute approximate surface area is 149 Å². The van der Waals surface area contributed by atoms with Crippen molar-refractivity contribution in [3.63, 3.8) is 0 Å². The number of nitrogens with one attached hydrogen (secondary N) is 1. The maximum atomic E-state index is 13.5. The number of aromatic amines is 1. The van der Waals surface area contributed by atoms with Crippen LogP contribution in [0.4, 0.5) is 4.39 Å². The highest BCUT2D eigenvalue weighted by Gasteiger charge is 2.07. The maximum absolute atomic E-state index is 13.5. The topological polar surface area (TPSA) is 41.6 Å². The van der Waals surface area contributed by atoms with Crippen LogP contribution in [0.15, 0.2) is 58.6 Å². The maximum Gasteiger partial charge on any atom is 0.208 e. The van der Waals surface area contributed by atoms with Crippen molar-refractivity contribution in [1.82, 2.24) is 15.2 Å². The molecule has 1 aromatic heterocycles. The number of hydrogen-bond donors (Lipinski definition) is 1. The Bertz CT molecular complexity index is 787. The number of aryl methyl sites for hydroxylation is 1. The molecular weight excluding hydrogens is 341 g/mol. The first-order valence-corrected chi connectivity index (χ1v) is 9.75. The summed E-state index contributed by atoms with van der Waals surface area (Å²) in [5, 5.41) is 7.94. The molecule has 0 radical (unpaired) electrons. The first-order chi connectivity index (χ1) is 11.8. The van der Waals surface area contributed by atoms with Crippen LogP contribution in [0.3, 0.4) is 0 Å². The van der Waals surface area contributed by atoms with Gasteiger partial charge in [-0.15, -0.1) is 16.9 Å².